The number of carbonyl (C=O) groups is 2. The zero-order chi connectivity index (χ0) is 32.4. The molecule has 232 valence electrons. The molecular weight excluding hydrogens is 598 g/mol. The van der Waals surface area contributed by atoms with E-state index >= 15 is 0 Å². The molecule has 10 heteroatoms. The normalized spacial score (nSPS) is 15.8. The van der Waals surface area contributed by atoms with Gasteiger partial charge in [-0.3, -0.25) is 9.78 Å². The summed E-state index contributed by atoms with van der Waals surface area (Å²) < 4.78 is 7.67. The second kappa shape index (κ2) is 12.9. The molecule has 3 heterocycles. The van der Waals surface area contributed by atoms with E-state index < -0.39 is 5.97 Å². The molecule has 0 spiro atoms. The molecule has 9 nitrogen and oxygen atoms in total. The van der Waals surface area contributed by atoms with Crippen molar-refractivity contribution in [2.24, 2.45) is 0 Å². The molecule has 1 fully saturated rings. The lowest BCUT2D eigenvalue weighted by Crippen LogP contribution is -2.29. The average Bonchev–Trinajstić information content (AvgIpc) is 3.55. The van der Waals surface area contributed by atoms with Crippen LogP contribution >= 0.6 is 12.2 Å². The third-order valence-corrected chi connectivity index (χ3v) is 8.44. The van der Waals surface area contributed by atoms with Crippen molar-refractivity contribution in [2.75, 3.05) is 16.8 Å². The highest BCUT2D eigenvalue weighted by molar-refractivity contribution is 7.80. The van der Waals surface area contributed by atoms with Crippen molar-refractivity contribution < 1.29 is 19.4 Å². The molecule has 3 N–H and O–H groups in total. The molecule has 1 saturated heterocycles. The minimum absolute atomic E-state index is 0.107. The quantitative estimate of drug-likeness (QED) is 0.155. The van der Waals surface area contributed by atoms with Gasteiger partial charge in [0.2, 0.25) is 0 Å². The van der Waals surface area contributed by atoms with Crippen LogP contribution in [0.4, 0.5) is 11.4 Å². The number of rotatable bonds is 9. The lowest BCUT2D eigenvalue weighted by atomic mass is 9.96. The molecule has 1 aliphatic heterocycles. The standard InChI is InChI=1S/C36H33N5O4S/c1-22-12-13-25(35(43)44)20-31(22)40-23(2)19-29(24(40)3)34-33(30-11-7-8-18-37-30)39-36(46)41(34)27-16-14-26(15-17-27)38-32(42)21-45-28-9-5-4-6-10-28/h4-20,33-34H,21H2,1-3H3,(H,38,42)(H,39,46)(H,43,44). The van der Waals surface area contributed by atoms with E-state index in [4.69, 9.17) is 17.0 Å². The first-order chi connectivity index (χ1) is 22.2. The number of carbonyl (C=O) groups excluding carboxylic acids is 1. The van der Waals surface area contributed by atoms with Crippen LogP contribution in [0, 0.1) is 20.8 Å². The van der Waals surface area contributed by atoms with Gasteiger partial charge in [-0.2, -0.15) is 0 Å². The summed E-state index contributed by atoms with van der Waals surface area (Å²) in [6.07, 6.45) is 1.77. The number of nitrogens with one attached hydrogen (secondary N) is 2. The summed E-state index contributed by atoms with van der Waals surface area (Å²) >= 11 is 5.93. The van der Waals surface area contributed by atoms with Gasteiger partial charge in [0.15, 0.2) is 11.7 Å². The van der Waals surface area contributed by atoms with Crippen molar-refractivity contribution in [3.8, 4) is 11.4 Å². The molecule has 1 aliphatic rings. The molecule has 2 aromatic heterocycles. The Morgan fingerprint density at radius 1 is 0.957 bits per heavy atom. The number of benzene rings is 3. The second-order valence-corrected chi connectivity index (χ2v) is 11.5. The average molecular weight is 632 g/mol. The maximum atomic E-state index is 12.6. The van der Waals surface area contributed by atoms with Crippen LogP contribution < -0.4 is 20.3 Å². The monoisotopic (exact) mass is 631 g/mol. The molecule has 1 amide bonds. The van der Waals surface area contributed by atoms with Crippen LogP contribution in [0.1, 0.15) is 50.7 Å². The highest BCUT2D eigenvalue weighted by Gasteiger charge is 2.42. The smallest absolute Gasteiger partial charge is 0.335 e. The number of carboxylic acid groups (broad SMARTS) is 1. The molecular formula is C36H33N5O4S. The summed E-state index contributed by atoms with van der Waals surface area (Å²) in [4.78, 5) is 31.1. The number of para-hydroxylation sites is 1. The van der Waals surface area contributed by atoms with Crippen LogP contribution in [0.5, 0.6) is 5.75 Å². The Morgan fingerprint density at radius 2 is 1.70 bits per heavy atom. The summed E-state index contributed by atoms with van der Waals surface area (Å²) in [6.45, 7) is 5.93. The van der Waals surface area contributed by atoms with E-state index in [2.05, 4.69) is 31.2 Å². The summed E-state index contributed by atoms with van der Waals surface area (Å²) in [6, 6.07) is 29.3. The van der Waals surface area contributed by atoms with Gasteiger partial charge in [-0.1, -0.05) is 30.3 Å². The van der Waals surface area contributed by atoms with E-state index in [-0.39, 0.29) is 30.2 Å². The fourth-order valence-corrected chi connectivity index (χ4v) is 6.30. The highest BCUT2D eigenvalue weighted by Crippen LogP contribution is 2.44. The zero-order valence-electron chi connectivity index (χ0n) is 25.6. The molecule has 2 atom stereocenters. The maximum absolute atomic E-state index is 12.6. The molecule has 0 bridgehead atoms. The Morgan fingerprint density at radius 3 is 2.39 bits per heavy atom. The number of ether oxygens (including phenoxy) is 1. The minimum Gasteiger partial charge on any atom is -0.484 e. The molecule has 0 aliphatic carbocycles. The molecule has 2 unspecified atom stereocenters. The number of thiocarbonyl (C=S) groups is 1. The fraction of sp³-hybridized carbons (Fsp3) is 0.167. The van der Waals surface area contributed by atoms with Crippen LogP contribution in [-0.4, -0.2) is 38.3 Å². The van der Waals surface area contributed by atoms with Gasteiger partial charge in [0.05, 0.1) is 23.3 Å². The van der Waals surface area contributed by atoms with Gasteiger partial charge in [-0.15, -0.1) is 0 Å². The maximum Gasteiger partial charge on any atom is 0.335 e. The van der Waals surface area contributed by atoms with Gasteiger partial charge >= 0.3 is 5.97 Å². The molecule has 0 radical (unpaired) electrons. The van der Waals surface area contributed by atoms with Crippen molar-refractivity contribution in [3.63, 3.8) is 0 Å². The van der Waals surface area contributed by atoms with Crippen LogP contribution in [0.25, 0.3) is 5.69 Å². The summed E-state index contributed by atoms with van der Waals surface area (Å²) in [5.74, 6) is -0.613. The number of hydrogen-bond acceptors (Lipinski definition) is 5. The van der Waals surface area contributed by atoms with E-state index in [1.165, 1.54) is 0 Å². The van der Waals surface area contributed by atoms with Crippen molar-refractivity contribution in [1.29, 1.82) is 0 Å². The molecule has 5 aromatic rings. The lowest BCUT2D eigenvalue weighted by molar-refractivity contribution is -0.118. The molecule has 6 rings (SSSR count). The number of amides is 1. The van der Waals surface area contributed by atoms with Gasteiger partial charge in [-0.25, -0.2) is 4.79 Å². The van der Waals surface area contributed by atoms with Crippen molar-refractivity contribution >= 4 is 40.6 Å². The van der Waals surface area contributed by atoms with Crippen molar-refractivity contribution in [2.45, 2.75) is 32.9 Å². The summed E-state index contributed by atoms with van der Waals surface area (Å²) in [5, 5.41) is 16.6. The highest BCUT2D eigenvalue weighted by atomic mass is 32.1. The van der Waals surface area contributed by atoms with Crippen molar-refractivity contribution in [1.82, 2.24) is 14.9 Å². The Balaban J connectivity index is 1.33. The topological polar surface area (TPSA) is 109 Å². The van der Waals surface area contributed by atoms with E-state index in [0.29, 0.717) is 16.5 Å². The Kier molecular flexibility index (Phi) is 8.54. The fourth-order valence-electron chi connectivity index (χ4n) is 5.96. The van der Waals surface area contributed by atoms with Gasteiger partial charge in [0.1, 0.15) is 5.75 Å². The molecule has 3 aromatic carbocycles. The predicted molar refractivity (Wildman–Crippen MR) is 182 cm³/mol. The number of anilines is 2. The number of pyridine rings is 1. The van der Waals surface area contributed by atoms with Gasteiger partial charge in [0, 0.05) is 34.6 Å². The first-order valence-corrected chi connectivity index (χ1v) is 15.2. The molecule has 0 saturated carbocycles. The van der Waals surface area contributed by atoms with Gasteiger partial charge in [0.25, 0.3) is 5.91 Å². The number of nitrogens with zero attached hydrogens (tertiary/aromatic N) is 3. The Bertz CT molecular complexity index is 1910. The first kappa shape index (κ1) is 30.5. The third kappa shape index (κ3) is 6.07. The van der Waals surface area contributed by atoms with Gasteiger partial charge < -0.3 is 29.9 Å². The SMILES string of the molecule is Cc1ccc(C(=O)O)cc1-n1c(C)cc(C2C(c3ccccn3)NC(=S)N2c2ccc(NC(=O)COc3ccccc3)cc2)c1C. The first-order valence-electron chi connectivity index (χ1n) is 14.8. The second-order valence-electron chi connectivity index (χ2n) is 11.2. The Hall–Kier alpha value is -5.48. The van der Waals surface area contributed by atoms with Crippen molar-refractivity contribution in [3.05, 3.63) is 137 Å². The number of hydrogen-bond donors (Lipinski definition) is 3. The number of aromatic nitrogens is 2. The third-order valence-electron chi connectivity index (χ3n) is 8.13. The number of aromatic carboxylic acids is 1. The predicted octanol–water partition coefficient (Wildman–Crippen LogP) is 6.69. The Labute approximate surface area is 272 Å². The van der Waals surface area contributed by atoms with E-state index in [0.717, 1.165) is 39.6 Å². The van der Waals surface area contributed by atoms with Crippen LogP contribution in [0.15, 0.2) is 103 Å². The van der Waals surface area contributed by atoms with Crippen LogP contribution in [-0.2, 0) is 4.79 Å². The lowest BCUT2D eigenvalue weighted by Gasteiger charge is -2.28. The zero-order valence-corrected chi connectivity index (χ0v) is 26.4. The summed E-state index contributed by atoms with van der Waals surface area (Å²) in [5.41, 5.74) is 7.27. The van der Waals surface area contributed by atoms with Crippen LogP contribution in [0.2, 0.25) is 0 Å². The minimum atomic E-state index is -0.973. The summed E-state index contributed by atoms with van der Waals surface area (Å²) in [7, 11) is 0. The largest absolute Gasteiger partial charge is 0.484 e. The van der Waals surface area contributed by atoms with Gasteiger partial charge in [-0.05, 0) is 111 Å². The number of carboxylic acids is 1. The van der Waals surface area contributed by atoms with E-state index in [9.17, 15) is 14.7 Å². The van der Waals surface area contributed by atoms with E-state index in [1.54, 1.807) is 30.5 Å². The molecule has 46 heavy (non-hydrogen) atoms. The number of aryl methyl sites for hydroxylation is 2. The van der Waals surface area contributed by atoms with E-state index in [1.807, 2.05) is 87.5 Å². The van der Waals surface area contributed by atoms with Crippen LogP contribution in [0.3, 0.4) is 0 Å².